The summed E-state index contributed by atoms with van der Waals surface area (Å²) in [5.74, 6) is -1.72. The molecule has 0 radical (unpaired) electrons. The van der Waals surface area contributed by atoms with E-state index in [2.05, 4.69) is 13.0 Å². The van der Waals surface area contributed by atoms with E-state index >= 15 is 0 Å². The first kappa shape index (κ1) is 17.4. The number of aliphatic hydroxyl groups excluding tert-OH is 1. The van der Waals surface area contributed by atoms with Crippen molar-refractivity contribution >= 4 is 11.6 Å². The Balaban J connectivity index is 2.36. The molecule has 3 rings (SSSR count). The van der Waals surface area contributed by atoms with Gasteiger partial charge >= 0.3 is 0 Å². The van der Waals surface area contributed by atoms with E-state index < -0.39 is 22.6 Å². The van der Waals surface area contributed by atoms with Gasteiger partial charge in [-0.3, -0.25) is 9.59 Å². The van der Waals surface area contributed by atoms with Gasteiger partial charge in [-0.15, -0.1) is 0 Å². The van der Waals surface area contributed by atoms with Gasteiger partial charge in [0.2, 0.25) is 5.78 Å². The van der Waals surface area contributed by atoms with Crippen molar-refractivity contribution in [2.24, 2.45) is 29.1 Å². The van der Waals surface area contributed by atoms with Crippen molar-refractivity contribution in [1.82, 2.24) is 0 Å². The van der Waals surface area contributed by atoms with Crippen LogP contribution in [-0.4, -0.2) is 27.4 Å². The lowest BCUT2D eigenvalue weighted by Crippen LogP contribution is -2.70. The van der Waals surface area contributed by atoms with Crippen molar-refractivity contribution in [3.63, 3.8) is 0 Å². The molecule has 0 amide bonds. The van der Waals surface area contributed by atoms with E-state index in [1.54, 1.807) is 0 Å². The number of rotatable bonds is 1. The van der Waals surface area contributed by atoms with Crippen LogP contribution >= 0.6 is 0 Å². The number of ketones is 2. The zero-order valence-electron chi connectivity index (χ0n) is 15.2. The number of carbonyl (C=O) groups excluding carboxylic acids is 2. The highest BCUT2D eigenvalue weighted by atomic mass is 16.3. The zero-order chi connectivity index (χ0) is 18.0. The van der Waals surface area contributed by atoms with Crippen LogP contribution in [0, 0.1) is 29.1 Å². The van der Waals surface area contributed by atoms with Crippen LogP contribution in [0.1, 0.15) is 53.9 Å². The van der Waals surface area contributed by atoms with Gasteiger partial charge in [0.15, 0.2) is 11.5 Å². The summed E-state index contributed by atoms with van der Waals surface area (Å²) in [6, 6.07) is 0. The molecule has 2 fully saturated rings. The fourth-order valence-corrected chi connectivity index (χ4v) is 5.89. The molecule has 4 heteroatoms. The van der Waals surface area contributed by atoms with Crippen LogP contribution in [0.3, 0.4) is 0 Å². The average Bonchev–Trinajstić information content (AvgIpc) is 2.79. The number of hydrogen-bond acceptors (Lipinski definition) is 4. The number of carbonyl (C=O) groups is 2. The Morgan fingerprint density at radius 1 is 1.17 bits per heavy atom. The molecule has 0 unspecified atom stereocenters. The highest BCUT2D eigenvalue weighted by Gasteiger charge is 2.75. The maximum absolute atomic E-state index is 13.4. The van der Waals surface area contributed by atoms with Gasteiger partial charge in [-0.1, -0.05) is 25.5 Å². The van der Waals surface area contributed by atoms with E-state index in [-0.39, 0.29) is 35.0 Å². The second kappa shape index (κ2) is 5.29. The van der Waals surface area contributed by atoms with E-state index in [9.17, 15) is 19.8 Å². The van der Waals surface area contributed by atoms with Gasteiger partial charge in [0.25, 0.3) is 0 Å². The third-order valence-electron chi connectivity index (χ3n) is 6.90. The fraction of sp³-hybridized carbons (Fsp3) is 0.700. The summed E-state index contributed by atoms with van der Waals surface area (Å²) in [5, 5.41) is 21.9. The monoisotopic (exact) mass is 332 g/mol. The van der Waals surface area contributed by atoms with Crippen LogP contribution in [-0.2, 0) is 9.59 Å². The van der Waals surface area contributed by atoms with Crippen LogP contribution in [0.25, 0.3) is 0 Å². The van der Waals surface area contributed by atoms with Gasteiger partial charge in [-0.05, 0) is 63.7 Å². The topological polar surface area (TPSA) is 74.6 Å². The van der Waals surface area contributed by atoms with Crippen molar-refractivity contribution < 1.29 is 19.8 Å². The molecule has 1 spiro atoms. The lowest BCUT2D eigenvalue weighted by atomic mass is 9.46. The second-order valence-corrected chi connectivity index (χ2v) is 8.42. The molecule has 0 aromatic heterocycles. The summed E-state index contributed by atoms with van der Waals surface area (Å²) in [6.45, 7) is 9.43. The van der Waals surface area contributed by atoms with Crippen molar-refractivity contribution in [2.75, 3.05) is 0 Å². The highest BCUT2D eigenvalue weighted by molar-refractivity contribution is 6.18. The molecule has 0 heterocycles. The third-order valence-corrected chi connectivity index (χ3v) is 6.90. The van der Waals surface area contributed by atoms with Crippen molar-refractivity contribution in [3.05, 3.63) is 23.0 Å². The van der Waals surface area contributed by atoms with Crippen molar-refractivity contribution in [1.29, 1.82) is 0 Å². The lowest BCUT2D eigenvalue weighted by Gasteiger charge is -2.57. The summed E-state index contributed by atoms with van der Waals surface area (Å²) < 4.78 is 0. The summed E-state index contributed by atoms with van der Waals surface area (Å²) >= 11 is 0. The smallest absolute Gasteiger partial charge is 0.230 e. The standard InChI is InChI=1S/C20H28O4/c1-10(2)8-14-9-11(3)15-7-6-12(4)20(24)18(23)16(21)13(5)17(22)19(14,15)20/h8,11-12,14-15,21,24H,6-7,9H2,1-5H3/t11-,12-,14+,15+,19+,20+/m0/s1. The quantitative estimate of drug-likeness (QED) is 0.722. The second-order valence-electron chi connectivity index (χ2n) is 8.42. The Bertz CT molecular complexity index is 669. The predicted molar refractivity (Wildman–Crippen MR) is 91.3 cm³/mol. The number of Topliss-reactive ketones (excluding diaryl/α,β-unsaturated/α-hetero) is 2. The molecule has 4 nitrogen and oxygen atoms in total. The molecule has 0 bridgehead atoms. The Hall–Kier alpha value is -1.42. The number of hydrogen-bond donors (Lipinski definition) is 2. The minimum absolute atomic E-state index is 0.0289. The molecular weight excluding hydrogens is 304 g/mol. The summed E-state index contributed by atoms with van der Waals surface area (Å²) in [4.78, 5) is 26.4. The van der Waals surface area contributed by atoms with Gasteiger partial charge in [-0.2, -0.15) is 0 Å². The molecule has 2 N–H and O–H groups in total. The van der Waals surface area contributed by atoms with Crippen LogP contribution in [0.5, 0.6) is 0 Å². The van der Waals surface area contributed by atoms with Gasteiger partial charge in [0.1, 0.15) is 5.60 Å². The first-order valence-electron chi connectivity index (χ1n) is 8.96. The summed E-state index contributed by atoms with van der Waals surface area (Å²) in [5.41, 5.74) is -1.74. The Labute approximate surface area is 143 Å². The Morgan fingerprint density at radius 2 is 1.79 bits per heavy atom. The maximum atomic E-state index is 13.4. The van der Waals surface area contributed by atoms with Gasteiger partial charge in [0, 0.05) is 5.57 Å². The van der Waals surface area contributed by atoms with E-state index in [1.807, 2.05) is 20.8 Å². The molecule has 3 aliphatic carbocycles. The predicted octanol–water partition coefficient (Wildman–Crippen LogP) is 3.36. The van der Waals surface area contributed by atoms with Crippen LogP contribution < -0.4 is 0 Å². The summed E-state index contributed by atoms with van der Waals surface area (Å²) in [7, 11) is 0. The van der Waals surface area contributed by atoms with Crippen molar-refractivity contribution in [3.8, 4) is 0 Å². The maximum Gasteiger partial charge on any atom is 0.230 e. The van der Waals surface area contributed by atoms with Gasteiger partial charge in [0.05, 0.1) is 5.41 Å². The third kappa shape index (κ3) is 1.78. The van der Waals surface area contributed by atoms with Crippen molar-refractivity contribution in [2.45, 2.75) is 59.5 Å². The molecule has 6 atom stereocenters. The first-order valence-corrected chi connectivity index (χ1v) is 8.96. The molecule has 0 aromatic carbocycles. The SMILES string of the molecule is CC(C)=C[C@@H]1C[C@H](C)[C@H]2CC[C@H](C)[C@@]3(O)C(=O)C(O)=C(C)C(=O)[C@@]123. The Morgan fingerprint density at radius 3 is 2.38 bits per heavy atom. The van der Waals surface area contributed by atoms with Gasteiger partial charge in [-0.25, -0.2) is 0 Å². The van der Waals surface area contributed by atoms with E-state index in [0.29, 0.717) is 6.42 Å². The molecule has 0 aromatic rings. The largest absolute Gasteiger partial charge is 0.504 e. The zero-order valence-corrected chi connectivity index (χ0v) is 15.2. The lowest BCUT2D eigenvalue weighted by molar-refractivity contribution is -0.196. The average molecular weight is 332 g/mol. The molecule has 0 saturated heterocycles. The molecular formula is C20H28O4. The number of aliphatic hydroxyl groups is 2. The molecule has 3 aliphatic rings. The van der Waals surface area contributed by atoms with Crippen LogP contribution in [0.4, 0.5) is 0 Å². The minimum Gasteiger partial charge on any atom is -0.504 e. The molecule has 24 heavy (non-hydrogen) atoms. The van der Waals surface area contributed by atoms with Gasteiger partial charge < -0.3 is 10.2 Å². The molecule has 132 valence electrons. The summed E-state index contributed by atoms with van der Waals surface area (Å²) in [6.07, 6.45) is 4.38. The normalized spacial score (nSPS) is 45.1. The van der Waals surface area contributed by atoms with E-state index in [1.165, 1.54) is 6.92 Å². The number of allylic oxidation sites excluding steroid dienone is 3. The highest BCUT2D eigenvalue weighted by Crippen LogP contribution is 2.67. The Kier molecular flexibility index (Phi) is 3.83. The minimum atomic E-state index is -1.81. The fourth-order valence-electron chi connectivity index (χ4n) is 5.89. The van der Waals surface area contributed by atoms with Crippen LogP contribution in [0.2, 0.25) is 0 Å². The molecule has 2 saturated carbocycles. The van der Waals surface area contributed by atoms with E-state index in [0.717, 1.165) is 18.4 Å². The van der Waals surface area contributed by atoms with E-state index in [4.69, 9.17) is 0 Å². The molecule has 0 aliphatic heterocycles. The van der Waals surface area contributed by atoms with Crippen LogP contribution in [0.15, 0.2) is 23.0 Å². The first-order chi connectivity index (χ1) is 11.1.